The molecule has 1 aliphatic carbocycles. The number of hydrogen-bond acceptors (Lipinski definition) is 6. The normalized spacial score (nSPS) is 24.8. The molecule has 0 radical (unpaired) electrons. The number of aliphatic hydroxyl groups excluding tert-OH is 1. The minimum absolute atomic E-state index is 0.00122. The molecule has 0 aromatic heterocycles. The van der Waals surface area contributed by atoms with Gasteiger partial charge in [-0.05, 0) is 39.5 Å². The molecular weight excluding hydrogens is 396 g/mol. The highest BCUT2D eigenvalue weighted by molar-refractivity contribution is 6.32. The maximum absolute atomic E-state index is 13.4. The third kappa shape index (κ3) is 4.11. The Bertz CT molecular complexity index is 884. The quantitative estimate of drug-likeness (QED) is 0.187. The molecule has 3 rings (SSSR count). The molecule has 1 heterocycles. The van der Waals surface area contributed by atoms with Crippen molar-refractivity contribution in [3.8, 4) is 0 Å². The Balaban J connectivity index is 1.92. The summed E-state index contributed by atoms with van der Waals surface area (Å²) in [6.07, 6.45) is 6.10. The molecule has 3 atom stereocenters. The van der Waals surface area contributed by atoms with Crippen molar-refractivity contribution in [3.63, 3.8) is 0 Å². The van der Waals surface area contributed by atoms with Gasteiger partial charge in [0.15, 0.2) is 11.4 Å². The lowest BCUT2D eigenvalue weighted by molar-refractivity contribution is -0.154. The van der Waals surface area contributed by atoms with Crippen LogP contribution in [-0.2, 0) is 14.3 Å². The number of rotatable bonds is 11. The summed E-state index contributed by atoms with van der Waals surface area (Å²) >= 11 is 0. The summed E-state index contributed by atoms with van der Waals surface area (Å²) in [5, 5.41) is 9.21. The highest BCUT2D eigenvalue weighted by Crippen LogP contribution is 2.58. The molecule has 1 aromatic carbocycles. The number of esters is 1. The lowest BCUT2D eigenvalue weighted by atomic mass is 9.72. The lowest BCUT2D eigenvalue weighted by Crippen LogP contribution is -2.51. The minimum Gasteiger partial charge on any atom is -0.460 e. The summed E-state index contributed by atoms with van der Waals surface area (Å²) in [5.41, 5.74) is -2.01. The smallest absolute Gasteiger partial charge is 0.350 e. The number of fused-ring (bicyclic) bond motifs is 2. The van der Waals surface area contributed by atoms with Crippen LogP contribution in [0.2, 0.25) is 0 Å². The molecule has 1 fully saturated rings. The predicted molar refractivity (Wildman–Crippen MR) is 116 cm³/mol. The Morgan fingerprint density at radius 3 is 2.35 bits per heavy atom. The number of benzene rings is 1. The molecule has 1 N–H and O–H groups in total. The van der Waals surface area contributed by atoms with Crippen LogP contribution in [0, 0.1) is 0 Å². The molecule has 6 heteroatoms. The average Bonchev–Trinajstić information content (AvgIpc) is 3.47. The molecule has 1 saturated heterocycles. The highest BCUT2D eigenvalue weighted by atomic mass is 16.7. The zero-order valence-electron chi connectivity index (χ0n) is 18.6. The van der Waals surface area contributed by atoms with Gasteiger partial charge in [0.05, 0.1) is 0 Å². The average molecular weight is 429 g/mol. The van der Waals surface area contributed by atoms with Gasteiger partial charge in [0.1, 0.15) is 6.10 Å². The first-order valence-corrected chi connectivity index (χ1v) is 11.2. The number of aliphatic hydroxyl groups is 1. The molecule has 0 amide bonds. The maximum atomic E-state index is 13.4. The van der Waals surface area contributed by atoms with Crippen LogP contribution in [0.4, 0.5) is 0 Å². The number of carbonyl (C=O) groups excluding carboxylic acids is 3. The number of carbonyl (C=O) groups is 3. The summed E-state index contributed by atoms with van der Waals surface area (Å²) in [6.45, 7) is 5.87. The third-order valence-corrected chi connectivity index (χ3v) is 6.13. The van der Waals surface area contributed by atoms with Crippen molar-refractivity contribution in [2.75, 3.05) is 6.61 Å². The van der Waals surface area contributed by atoms with Crippen LogP contribution in [0.3, 0.4) is 0 Å². The molecule has 168 valence electrons. The van der Waals surface area contributed by atoms with Gasteiger partial charge in [0.2, 0.25) is 5.78 Å². The molecule has 1 aliphatic heterocycles. The monoisotopic (exact) mass is 428 g/mol. The van der Waals surface area contributed by atoms with Crippen molar-refractivity contribution in [1.29, 1.82) is 0 Å². The van der Waals surface area contributed by atoms with Crippen molar-refractivity contribution in [3.05, 3.63) is 47.0 Å². The van der Waals surface area contributed by atoms with Gasteiger partial charge in [-0.1, -0.05) is 55.7 Å². The van der Waals surface area contributed by atoms with E-state index in [9.17, 15) is 19.5 Å². The molecule has 1 aromatic rings. The Morgan fingerprint density at radius 1 is 1.10 bits per heavy atom. The fraction of sp³-hybridized carbons (Fsp3) is 0.560. The SMILES string of the molecule is CCCCC[C@H](CCCO)OC(=O)[C@]12O[C@@]1(CC=C(C)C)C(=O)c1ccccc1C2=O. The van der Waals surface area contributed by atoms with Crippen LogP contribution in [0.1, 0.15) is 86.4 Å². The molecular formula is C25H32O6. The first-order chi connectivity index (χ1) is 14.8. The number of Topliss-reactive ketones (excluding diaryl/α,β-unsaturated/α-hetero) is 2. The van der Waals surface area contributed by atoms with E-state index in [-0.39, 0.29) is 29.9 Å². The van der Waals surface area contributed by atoms with Crippen LogP contribution >= 0.6 is 0 Å². The fourth-order valence-electron chi connectivity index (χ4n) is 4.32. The second-order valence-electron chi connectivity index (χ2n) is 8.69. The van der Waals surface area contributed by atoms with Crippen molar-refractivity contribution in [2.45, 2.75) is 83.0 Å². The predicted octanol–water partition coefficient (Wildman–Crippen LogP) is 4.19. The van der Waals surface area contributed by atoms with Crippen molar-refractivity contribution >= 4 is 17.5 Å². The second kappa shape index (κ2) is 9.45. The summed E-state index contributed by atoms with van der Waals surface area (Å²) in [4.78, 5) is 40.2. The lowest BCUT2D eigenvalue weighted by Gasteiger charge is -2.25. The van der Waals surface area contributed by atoms with Gasteiger partial charge < -0.3 is 14.6 Å². The van der Waals surface area contributed by atoms with E-state index in [1.54, 1.807) is 24.3 Å². The highest BCUT2D eigenvalue weighted by Gasteiger charge is 2.85. The Labute approximate surface area is 183 Å². The molecule has 0 spiro atoms. The topological polar surface area (TPSA) is 93.2 Å². The van der Waals surface area contributed by atoms with E-state index >= 15 is 0 Å². The summed E-state index contributed by atoms with van der Waals surface area (Å²) in [5.74, 6) is -1.65. The van der Waals surface area contributed by atoms with E-state index < -0.39 is 29.1 Å². The third-order valence-electron chi connectivity index (χ3n) is 6.13. The van der Waals surface area contributed by atoms with E-state index in [1.165, 1.54) is 0 Å². The number of hydrogen-bond donors (Lipinski definition) is 1. The van der Waals surface area contributed by atoms with Gasteiger partial charge >= 0.3 is 5.97 Å². The standard InChI is InChI=1S/C25H32O6/c1-4-5-6-10-18(11-9-16-26)30-23(29)25-22(28)20-13-8-7-12-19(20)21(27)24(25,31-25)15-14-17(2)3/h7-8,12-14,18,26H,4-6,9-11,15-16H2,1-3H3/t18-,24+,25+/m1/s1. The van der Waals surface area contributed by atoms with Gasteiger partial charge in [-0.3, -0.25) is 9.59 Å². The van der Waals surface area contributed by atoms with Gasteiger partial charge in [-0.2, -0.15) is 0 Å². The second-order valence-corrected chi connectivity index (χ2v) is 8.69. The molecule has 6 nitrogen and oxygen atoms in total. The largest absolute Gasteiger partial charge is 0.460 e. The first kappa shape index (κ1) is 23.4. The van der Waals surface area contributed by atoms with Crippen LogP contribution in [-0.4, -0.2) is 46.6 Å². The maximum Gasteiger partial charge on any atom is 0.350 e. The van der Waals surface area contributed by atoms with E-state index in [0.29, 0.717) is 19.3 Å². The first-order valence-electron chi connectivity index (χ1n) is 11.2. The summed E-state index contributed by atoms with van der Waals surface area (Å²) < 4.78 is 11.6. The van der Waals surface area contributed by atoms with Gasteiger partial charge in [-0.25, -0.2) is 4.79 Å². The molecule has 2 aliphatic rings. The fourth-order valence-corrected chi connectivity index (χ4v) is 4.32. The van der Waals surface area contributed by atoms with E-state index in [0.717, 1.165) is 24.8 Å². The van der Waals surface area contributed by atoms with Crippen LogP contribution in [0.5, 0.6) is 0 Å². The molecule has 0 bridgehead atoms. The van der Waals surface area contributed by atoms with Gasteiger partial charge in [0, 0.05) is 24.2 Å². The van der Waals surface area contributed by atoms with Crippen LogP contribution in [0.15, 0.2) is 35.9 Å². The van der Waals surface area contributed by atoms with E-state index in [2.05, 4.69) is 6.92 Å². The number of unbranched alkanes of at least 4 members (excludes halogenated alkanes) is 2. The Kier molecular flexibility index (Phi) is 7.12. The van der Waals surface area contributed by atoms with E-state index in [1.807, 2.05) is 19.9 Å². The van der Waals surface area contributed by atoms with Crippen molar-refractivity contribution in [2.24, 2.45) is 0 Å². The zero-order chi connectivity index (χ0) is 22.6. The summed E-state index contributed by atoms with van der Waals surface area (Å²) in [6, 6.07) is 6.53. The number of epoxide rings is 1. The zero-order valence-corrected chi connectivity index (χ0v) is 18.6. The number of ether oxygens (including phenoxy) is 2. The Morgan fingerprint density at radius 2 is 1.74 bits per heavy atom. The van der Waals surface area contributed by atoms with Crippen molar-refractivity contribution in [1.82, 2.24) is 0 Å². The number of allylic oxidation sites excluding steroid dienone is 1. The van der Waals surface area contributed by atoms with Crippen molar-refractivity contribution < 1.29 is 29.0 Å². The van der Waals surface area contributed by atoms with Crippen LogP contribution in [0.25, 0.3) is 0 Å². The number of ketones is 2. The molecule has 0 unspecified atom stereocenters. The Hall–Kier alpha value is -2.31. The van der Waals surface area contributed by atoms with E-state index in [4.69, 9.17) is 9.47 Å². The van der Waals surface area contributed by atoms with Crippen LogP contribution < -0.4 is 0 Å². The molecule has 31 heavy (non-hydrogen) atoms. The molecule has 0 saturated carbocycles. The minimum atomic E-state index is -1.92. The van der Waals surface area contributed by atoms with Gasteiger partial charge in [0.25, 0.3) is 5.60 Å². The van der Waals surface area contributed by atoms with Gasteiger partial charge in [-0.15, -0.1) is 0 Å². The summed E-state index contributed by atoms with van der Waals surface area (Å²) in [7, 11) is 0.